The summed E-state index contributed by atoms with van der Waals surface area (Å²) in [5.74, 6) is 0.750. The molecule has 1 heterocycles. The first-order chi connectivity index (χ1) is 8.63. The third-order valence-electron chi connectivity index (χ3n) is 2.99. The van der Waals surface area contributed by atoms with Gasteiger partial charge < -0.3 is 14.7 Å². The van der Waals surface area contributed by atoms with Crippen LogP contribution in [0.1, 0.15) is 25.8 Å². The van der Waals surface area contributed by atoms with Crippen molar-refractivity contribution in [1.29, 1.82) is 0 Å². The Labute approximate surface area is 114 Å². The predicted octanol–water partition coefficient (Wildman–Crippen LogP) is 2.48. The number of anilines is 1. The van der Waals surface area contributed by atoms with Crippen LogP contribution in [0.4, 0.5) is 5.82 Å². The Morgan fingerprint density at radius 1 is 1.56 bits per heavy atom. The Hall–Kier alpha value is -0.840. The van der Waals surface area contributed by atoms with Gasteiger partial charge in [0.15, 0.2) is 0 Å². The first-order valence-electron chi connectivity index (χ1n) is 6.14. The van der Waals surface area contributed by atoms with Crippen molar-refractivity contribution in [3.8, 4) is 0 Å². The van der Waals surface area contributed by atoms with Gasteiger partial charge in [0.25, 0.3) is 0 Å². The molecule has 1 atom stereocenters. The standard InChI is InChI=1S/C13H21ClN2O2/c1-4-10(2)16(5-6-18-3)13-12(14)7-11(9-17)8-15-13/h7-8,10,17H,4-6,9H2,1-3H3. The van der Waals surface area contributed by atoms with Crippen LogP contribution in [-0.2, 0) is 11.3 Å². The van der Waals surface area contributed by atoms with E-state index in [4.69, 9.17) is 21.4 Å². The van der Waals surface area contributed by atoms with Crippen LogP contribution in [0.15, 0.2) is 12.3 Å². The lowest BCUT2D eigenvalue weighted by Gasteiger charge is -2.30. The molecule has 0 amide bonds. The summed E-state index contributed by atoms with van der Waals surface area (Å²) in [5, 5.41) is 9.62. The van der Waals surface area contributed by atoms with Crippen molar-refractivity contribution in [2.75, 3.05) is 25.2 Å². The lowest BCUT2D eigenvalue weighted by molar-refractivity contribution is 0.203. The molecular weight excluding hydrogens is 252 g/mol. The number of rotatable bonds is 7. The maximum Gasteiger partial charge on any atom is 0.147 e. The summed E-state index contributed by atoms with van der Waals surface area (Å²) in [7, 11) is 1.68. The van der Waals surface area contributed by atoms with Gasteiger partial charge in [-0.25, -0.2) is 4.98 Å². The number of hydrogen-bond acceptors (Lipinski definition) is 4. The molecule has 1 aromatic rings. The van der Waals surface area contributed by atoms with Crippen molar-refractivity contribution in [3.05, 3.63) is 22.8 Å². The van der Waals surface area contributed by atoms with E-state index in [-0.39, 0.29) is 6.61 Å². The summed E-state index contributed by atoms with van der Waals surface area (Å²) >= 11 is 6.23. The minimum Gasteiger partial charge on any atom is -0.392 e. The largest absolute Gasteiger partial charge is 0.392 e. The molecule has 5 heteroatoms. The lowest BCUT2D eigenvalue weighted by Crippen LogP contribution is -2.36. The fourth-order valence-corrected chi connectivity index (χ4v) is 2.01. The molecule has 0 fully saturated rings. The van der Waals surface area contributed by atoms with E-state index in [1.165, 1.54) is 0 Å². The zero-order valence-electron chi connectivity index (χ0n) is 11.2. The van der Waals surface area contributed by atoms with Crippen LogP contribution in [0.3, 0.4) is 0 Å². The van der Waals surface area contributed by atoms with Crippen molar-refractivity contribution in [2.45, 2.75) is 32.9 Å². The minimum absolute atomic E-state index is 0.0472. The average molecular weight is 273 g/mol. The van der Waals surface area contributed by atoms with Crippen molar-refractivity contribution in [3.63, 3.8) is 0 Å². The Kier molecular flexibility index (Phi) is 6.39. The number of hydrogen-bond donors (Lipinski definition) is 1. The van der Waals surface area contributed by atoms with E-state index < -0.39 is 0 Å². The quantitative estimate of drug-likeness (QED) is 0.828. The van der Waals surface area contributed by atoms with Gasteiger partial charge in [-0.15, -0.1) is 0 Å². The lowest BCUT2D eigenvalue weighted by atomic mass is 10.2. The second-order valence-corrected chi connectivity index (χ2v) is 4.66. The van der Waals surface area contributed by atoms with Crippen molar-refractivity contribution < 1.29 is 9.84 Å². The highest BCUT2D eigenvalue weighted by Gasteiger charge is 2.17. The summed E-state index contributed by atoms with van der Waals surface area (Å²) in [5.41, 5.74) is 0.722. The molecule has 0 aromatic carbocycles. The summed E-state index contributed by atoms with van der Waals surface area (Å²) in [6, 6.07) is 2.09. The van der Waals surface area contributed by atoms with Gasteiger partial charge in [0, 0.05) is 25.9 Å². The first kappa shape index (κ1) is 15.2. The van der Waals surface area contributed by atoms with E-state index in [2.05, 4.69) is 23.7 Å². The molecule has 4 nitrogen and oxygen atoms in total. The summed E-state index contributed by atoms with van der Waals surface area (Å²) < 4.78 is 5.12. The third-order valence-corrected chi connectivity index (χ3v) is 3.27. The van der Waals surface area contributed by atoms with Gasteiger partial charge in [0.2, 0.25) is 0 Å². The molecule has 0 bridgehead atoms. The van der Waals surface area contributed by atoms with E-state index in [1.54, 1.807) is 19.4 Å². The molecule has 0 aliphatic rings. The summed E-state index contributed by atoms with van der Waals surface area (Å²) in [6.07, 6.45) is 2.66. The second kappa shape index (κ2) is 7.56. The van der Waals surface area contributed by atoms with Crippen LogP contribution in [0.5, 0.6) is 0 Å². The van der Waals surface area contributed by atoms with Gasteiger partial charge in [0.1, 0.15) is 5.82 Å². The van der Waals surface area contributed by atoms with Gasteiger partial charge in [-0.3, -0.25) is 0 Å². The Morgan fingerprint density at radius 3 is 2.78 bits per heavy atom. The number of aromatic nitrogens is 1. The molecule has 0 saturated carbocycles. The van der Waals surface area contributed by atoms with E-state index in [0.717, 1.165) is 24.3 Å². The molecule has 0 aliphatic carbocycles. The average Bonchev–Trinajstić information content (AvgIpc) is 2.39. The normalized spacial score (nSPS) is 12.5. The number of methoxy groups -OCH3 is 1. The van der Waals surface area contributed by atoms with Crippen LogP contribution in [0.2, 0.25) is 5.02 Å². The number of pyridine rings is 1. The first-order valence-corrected chi connectivity index (χ1v) is 6.52. The molecule has 1 unspecified atom stereocenters. The molecule has 18 heavy (non-hydrogen) atoms. The molecule has 0 spiro atoms. The van der Waals surface area contributed by atoms with Crippen LogP contribution in [0.25, 0.3) is 0 Å². The zero-order chi connectivity index (χ0) is 13.5. The van der Waals surface area contributed by atoms with Gasteiger partial charge in [0.05, 0.1) is 18.2 Å². The maximum absolute atomic E-state index is 9.06. The van der Waals surface area contributed by atoms with E-state index in [9.17, 15) is 0 Å². The summed E-state index contributed by atoms with van der Waals surface area (Å²) in [4.78, 5) is 6.48. The number of halogens is 1. The highest BCUT2D eigenvalue weighted by molar-refractivity contribution is 6.33. The van der Waals surface area contributed by atoms with Crippen molar-refractivity contribution in [2.24, 2.45) is 0 Å². The summed E-state index contributed by atoms with van der Waals surface area (Å²) in [6.45, 7) is 5.59. The second-order valence-electron chi connectivity index (χ2n) is 4.25. The van der Waals surface area contributed by atoms with Gasteiger partial charge in [-0.1, -0.05) is 18.5 Å². The van der Waals surface area contributed by atoms with Crippen LogP contribution in [-0.4, -0.2) is 36.4 Å². The van der Waals surface area contributed by atoms with E-state index in [0.29, 0.717) is 17.7 Å². The SMILES string of the molecule is CCC(C)N(CCOC)c1ncc(CO)cc1Cl. The van der Waals surface area contributed by atoms with Gasteiger partial charge in [-0.05, 0) is 25.0 Å². The van der Waals surface area contributed by atoms with Crippen LogP contribution >= 0.6 is 11.6 Å². The fourth-order valence-electron chi connectivity index (χ4n) is 1.71. The maximum atomic E-state index is 9.06. The van der Waals surface area contributed by atoms with E-state index in [1.807, 2.05) is 0 Å². The Bertz CT molecular complexity index is 374. The number of aliphatic hydroxyl groups excluding tert-OH is 1. The predicted molar refractivity (Wildman–Crippen MR) is 74.1 cm³/mol. The molecular formula is C13H21ClN2O2. The van der Waals surface area contributed by atoms with Crippen molar-refractivity contribution in [1.82, 2.24) is 4.98 Å². The molecule has 1 N–H and O–H groups in total. The number of ether oxygens (including phenoxy) is 1. The monoisotopic (exact) mass is 272 g/mol. The number of aliphatic hydroxyl groups is 1. The van der Waals surface area contributed by atoms with Gasteiger partial charge in [-0.2, -0.15) is 0 Å². The fraction of sp³-hybridized carbons (Fsp3) is 0.615. The molecule has 1 aromatic heterocycles. The Balaban J connectivity index is 2.96. The third kappa shape index (κ3) is 3.83. The molecule has 1 rings (SSSR count). The number of nitrogens with zero attached hydrogens (tertiary/aromatic N) is 2. The van der Waals surface area contributed by atoms with Gasteiger partial charge >= 0.3 is 0 Å². The molecule has 0 aliphatic heterocycles. The highest BCUT2D eigenvalue weighted by Crippen LogP contribution is 2.26. The molecule has 0 saturated heterocycles. The van der Waals surface area contributed by atoms with Crippen LogP contribution < -0.4 is 4.90 Å². The molecule has 102 valence electrons. The highest BCUT2D eigenvalue weighted by atomic mass is 35.5. The van der Waals surface area contributed by atoms with E-state index >= 15 is 0 Å². The van der Waals surface area contributed by atoms with Crippen molar-refractivity contribution >= 4 is 17.4 Å². The minimum atomic E-state index is -0.0472. The molecule has 0 radical (unpaired) electrons. The Morgan fingerprint density at radius 2 is 2.28 bits per heavy atom. The topological polar surface area (TPSA) is 45.6 Å². The van der Waals surface area contributed by atoms with Crippen LogP contribution in [0, 0.1) is 0 Å². The zero-order valence-corrected chi connectivity index (χ0v) is 11.9. The smallest absolute Gasteiger partial charge is 0.147 e.